The van der Waals surface area contributed by atoms with Crippen LogP contribution in [-0.4, -0.2) is 32.3 Å². The zero-order valence-corrected chi connectivity index (χ0v) is 23.4. The highest BCUT2D eigenvalue weighted by Gasteiger charge is 2.33. The van der Waals surface area contributed by atoms with Crippen LogP contribution in [0.3, 0.4) is 0 Å². The van der Waals surface area contributed by atoms with Gasteiger partial charge in [-0.2, -0.15) is 5.10 Å². The first-order valence-corrected chi connectivity index (χ1v) is 14.1. The van der Waals surface area contributed by atoms with Crippen molar-refractivity contribution in [1.82, 2.24) is 14.3 Å². The van der Waals surface area contributed by atoms with E-state index >= 15 is 0 Å². The Morgan fingerprint density at radius 3 is 2.63 bits per heavy atom. The normalized spacial score (nSPS) is 15.0. The van der Waals surface area contributed by atoms with Crippen LogP contribution in [0.25, 0.3) is 23.0 Å². The van der Waals surface area contributed by atoms with Crippen LogP contribution in [0, 0.1) is 10.1 Å². The van der Waals surface area contributed by atoms with Gasteiger partial charge in [-0.05, 0) is 36.6 Å². The van der Waals surface area contributed by atoms with Gasteiger partial charge in [0.2, 0.25) is 0 Å². The molecule has 5 aromatic rings. The lowest BCUT2D eigenvalue weighted by atomic mass is 10.0. The number of esters is 1. The van der Waals surface area contributed by atoms with Crippen molar-refractivity contribution in [3.05, 3.63) is 130 Å². The molecule has 0 spiro atoms. The SMILES string of the molecule is COC(=O)C1=C(C)N=c2sc(=Cc3cn(-c4ccccc4)nc3-c3cccc([N+](=O)[O-])c3)c(=O)n2C1c1cccs1. The highest BCUT2D eigenvalue weighted by molar-refractivity contribution is 7.10. The maximum atomic E-state index is 14.0. The Bertz CT molecular complexity index is 2020. The molecule has 0 bridgehead atoms. The van der Waals surface area contributed by atoms with Crippen molar-refractivity contribution in [2.45, 2.75) is 13.0 Å². The Kier molecular flexibility index (Phi) is 6.77. The number of nitro groups is 1. The van der Waals surface area contributed by atoms with E-state index in [1.54, 1.807) is 36.0 Å². The molecule has 1 aliphatic rings. The van der Waals surface area contributed by atoms with Crippen molar-refractivity contribution in [1.29, 1.82) is 0 Å². The topological polar surface area (TPSA) is 122 Å². The van der Waals surface area contributed by atoms with Crippen LogP contribution in [0.5, 0.6) is 0 Å². The molecular formula is C29H21N5O5S2. The average Bonchev–Trinajstić information content (AvgIpc) is 3.73. The molecule has 0 fully saturated rings. The number of aromatic nitrogens is 3. The molecule has 0 radical (unpaired) electrons. The van der Waals surface area contributed by atoms with Gasteiger partial charge in [0.1, 0.15) is 11.7 Å². The maximum absolute atomic E-state index is 14.0. The monoisotopic (exact) mass is 583 g/mol. The Labute approximate surface area is 240 Å². The number of rotatable bonds is 6. The largest absolute Gasteiger partial charge is 0.466 e. The van der Waals surface area contributed by atoms with Gasteiger partial charge in [-0.3, -0.25) is 19.5 Å². The van der Waals surface area contributed by atoms with Crippen LogP contribution in [0.2, 0.25) is 0 Å². The van der Waals surface area contributed by atoms with Gasteiger partial charge in [0, 0.05) is 34.3 Å². The molecule has 2 aromatic carbocycles. The highest BCUT2D eigenvalue weighted by atomic mass is 32.1. The van der Waals surface area contributed by atoms with E-state index in [2.05, 4.69) is 4.99 Å². The first-order chi connectivity index (χ1) is 19.9. The number of fused-ring (bicyclic) bond motifs is 1. The van der Waals surface area contributed by atoms with Gasteiger partial charge in [0.25, 0.3) is 11.2 Å². The Morgan fingerprint density at radius 2 is 1.93 bits per heavy atom. The molecule has 0 aliphatic carbocycles. The summed E-state index contributed by atoms with van der Waals surface area (Å²) in [6, 6.07) is 18.7. The predicted octanol–water partition coefficient (Wildman–Crippen LogP) is 4.23. The Morgan fingerprint density at radius 1 is 1.12 bits per heavy atom. The van der Waals surface area contributed by atoms with Gasteiger partial charge in [-0.1, -0.05) is 47.7 Å². The fourth-order valence-electron chi connectivity index (χ4n) is 4.75. The first-order valence-electron chi connectivity index (χ1n) is 12.4. The summed E-state index contributed by atoms with van der Waals surface area (Å²) in [5.74, 6) is -0.545. The summed E-state index contributed by atoms with van der Waals surface area (Å²) in [6.45, 7) is 1.73. The Balaban J connectivity index is 1.57. The van der Waals surface area contributed by atoms with E-state index in [1.807, 2.05) is 47.8 Å². The van der Waals surface area contributed by atoms with Gasteiger partial charge < -0.3 is 4.74 Å². The third-order valence-electron chi connectivity index (χ3n) is 6.62. The summed E-state index contributed by atoms with van der Waals surface area (Å²) >= 11 is 2.64. The number of ether oxygens (including phenoxy) is 1. The molecule has 0 N–H and O–H groups in total. The summed E-state index contributed by atoms with van der Waals surface area (Å²) in [7, 11) is 1.30. The van der Waals surface area contributed by atoms with Crippen LogP contribution in [0.4, 0.5) is 5.69 Å². The van der Waals surface area contributed by atoms with Crippen molar-refractivity contribution >= 4 is 40.4 Å². The fourth-order valence-corrected chi connectivity index (χ4v) is 6.61. The second-order valence-corrected chi connectivity index (χ2v) is 11.1. The molecule has 0 amide bonds. The van der Waals surface area contributed by atoms with Gasteiger partial charge in [-0.15, -0.1) is 11.3 Å². The average molecular weight is 584 g/mol. The molecule has 6 rings (SSSR count). The first kappa shape index (κ1) is 26.3. The number of nitrogens with zero attached hydrogens (tertiary/aromatic N) is 5. The number of thiazole rings is 1. The standard InChI is InChI=1S/C29H21N5O5S2/c1-17-24(28(36)39-2)26(22-12-7-13-40-22)33-27(35)23(41-29(33)30-17)15-19-16-32(20-9-4-3-5-10-20)31-25(19)18-8-6-11-21(14-18)34(37)38/h3-16,26H,1-2H3. The number of hydrogen-bond donors (Lipinski definition) is 0. The number of allylic oxidation sites excluding steroid dienone is 1. The van der Waals surface area contributed by atoms with Gasteiger partial charge in [-0.25, -0.2) is 14.5 Å². The van der Waals surface area contributed by atoms with E-state index in [0.717, 1.165) is 10.6 Å². The van der Waals surface area contributed by atoms with E-state index in [1.165, 1.54) is 46.5 Å². The molecule has 1 atom stereocenters. The lowest BCUT2D eigenvalue weighted by molar-refractivity contribution is -0.384. The van der Waals surface area contributed by atoms with E-state index in [-0.39, 0.29) is 11.2 Å². The number of methoxy groups -OCH3 is 1. The molecule has 1 aliphatic heterocycles. The molecule has 0 saturated heterocycles. The highest BCUT2D eigenvalue weighted by Crippen LogP contribution is 2.33. The van der Waals surface area contributed by atoms with Crippen LogP contribution in [0.15, 0.2) is 99.4 Å². The molecule has 0 saturated carbocycles. The lowest BCUT2D eigenvalue weighted by Gasteiger charge is -2.22. The molecule has 3 aromatic heterocycles. The number of thiophene rings is 1. The van der Waals surface area contributed by atoms with E-state index in [4.69, 9.17) is 9.84 Å². The molecule has 204 valence electrons. The number of nitro benzene ring substituents is 1. The van der Waals surface area contributed by atoms with E-state index in [0.29, 0.717) is 37.4 Å². The van der Waals surface area contributed by atoms with Crippen LogP contribution in [0.1, 0.15) is 23.4 Å². The number of para-hydroxylation sites is 1. The fraction of sp³-hybridized carbons (Fsp3) is 0.103. The summed E-state index contributed by atoms with van der Waals surface area (Å²) in [5.41, 5.74) is 2.80. The second-order valence-electron chi connectivity index (χ2n) is 9.11. The molecule has 4 heterocycles. The van der Waals surface area contributed by atoms with Gasteiger partial charge in [0.05, 0.1) is 33.5 Å². The molecule has 41 heavy (non-hydrogen) atoms. The minimum atomic E-state index is -0.677. The summed E-state index contributed by atoms with van der Waals surface area (Å²) in [4.78, 5) is 43.6. The van der Waals surface area contributed by atoms with Gasteiger partial charge >= 0.3 is 5.97 Å². The van der Waals surface area contributed by atoms with Crippen molar-refractivity contribution in [3.8, 4) is 16.9 Å². The Hall–Kier alpha value is -4.94. The minimum absolute atomic E-state index is 0.0659. The molecular weight excluding hydrogens is 562 g/mol. The van der Waals surface area contributed by atoms with Crippen molar-refractivity contribution in [3.63, 3.8) is 0 Å². The molecule has 10 nitrogen and oxygen atoms in total. The summed E-state index contributed by atoms with van der Waals surface area (Å²) < 4.78 is 8.62. The third-order valence-corrected chi connectivity index (χ3v) is 8.53. The zero-order chi connectivity index (χ0) is 28.7. The molecule has 1 unspecified atom stereocenters. The smallest absolute Gasteiger partial charge is 0.338 e. The van der Waals surface area contributed by atoms with Crippen molar-refractivity contribution in [2.24, 2.45) is 4.99 Å². The number of benzene rings is 2. The predicted molar refractivity (Wildman–Crippen MR) is 156 cm³/mol. The minimum Gasteiger partial charge on any atom is -0.466 e. The maximum Gasteiger partial charge on any atom is 0.338 e. The summed E-state index contributed by atoms with van der Waals surface area (Å²) in [5, 5.41) is 18.1. The van der Waals surface area contributed by atoms with Crippen molar-refractivity contribution in [2.75, 3.05) is 7.11 Å². The summed E-state index contributed by atoms with van der Waals surface area (Å²) in [6.07, 6.45) is 3.50. The second kappa shape index (κ2) is 10.6. The number of hydrogen-bond acceptors (Lipinski definition) is 9. The van der Waals surface area contributed by atoms with Crippen LogP contribution < -0.4 is 14.9 Å². The zero-order valence-electron chi connectivity index (χ0n) is 21.8. The van der Waals surface area contributed by atoms with E-state index in [9.17, 15) is 19.7 Å². The number of non-ortho nitro benzene ring substituents is 1. The van der Waals surface area contributed by atoms with Crippen LogP contribution >= 0.6 is 22.7 Å². The quantitative estimate of drug-likeness (QED) is 0.168. The van der Waals surface area contributed by atoms with Crippen molar-refractivity contribution < 1.29 is 14.5 Å². The van der Waals surface area contributed by atoms with Gasteiger partial charge in [0.15, 0.2) is 4.80 Å². The number of carbonyl (C=O) groups is 1. The molecule has 12 heteroatoms. The van der Waals surface area contributed by atoms with E-state index < -0.39 is 16.9 Å². The van der Waals surface area contributed by atoms with Crippen LogP contribution in [-0.2, 0) is 9.53 Å². The number of carbonyl (C=O) groups excluding carboxylic acids is 1. The lowest BCUT2D eigenvalue weighted by Crippen LogP contribution is -2.39. The third kappa shape index (κ3) is 4.72.